The third-order valence-electron chi connectivity index (χ3n) is 2.17. The van der Waals surface area contributed by atoms with E-state index in [2.05, 4.69) is 12.2 Å². The maximum atomic E-state index is 5.27. The van der Waals surface area contributed by atoms with Gasteiger partial charge in [0.05, 0.1) is 0 Å². The highest BCUT2D eigenvalue weighted by Gasteiger charge is 2.01. The zero-order chi connectivity index (χ0) is 12.1. The highest BCUT2D eigenvalue weighted by Crippen LogP contribution is 2.10. The lowest BCUT2D eigenvalue weighted by Crippen LogP contribution is -2.24. The summed E-state index contributed by atoms with van der Waals surface area (Å²) in [5, 5.41) is 4.14. The van der Waals surface area contributed by atoms with Crippen LogP contribution in [0.5, 0.6) is 0 Å². The van der Waals surface area contributed by atoms with Gasteiger partial charge in [0, 0.05) is 38.7 Å². The molecule has 0 aliphatic carbocycles. The molecule has 98 valence electrons. The van der Waals surface area contributed by atoms with Crippen LogP contribution in [0.1, 0.15) is 26.7 Å². The largest absolute Gasteiger partial charge is 0.385 e. The van der Waals surface area contributed by atoms with Gasteiger partial charge in [-0.25, -0.2) is 0 Å². The molecule has 0 aromatic rings. The molecule has 0 bridgehead atoms. The zero-order valence-electron chi connectivity index (χ0n) is 11.0. The molecule has 0 amide bonds. The van der Waals surface area contributed by atoms with E-state index in [0.29, 0.717) is 5.25 Å². The molecular formula is C12H27NO2S. The van der Waals surface area contributed by atoms with Crippen molar-refractivity contribution in [1.29, 1.82) is 0 Å². The van der Waals surface area contributed by atoms with E-state index < -0.39 is 0 Å². The molecular weight excluding hydrogens is 222 g/mol. The summed E-state index contributed by atoms with van der Waals surface area (Å²) in [4.78, 5) is 0. The lowest BCUT2D eigenvalue weighted by molar-refractivity contribution is 0.145. The van der Waals surface area contributed by atoms with Crippen LogP contribution in [-0.4, -0.2) is 51.0 Å². The smallest absolute Gasteiger partial charge is 0.0477 e. The molecule has 0 rings (SSSR count). The molecule has 0 saturated carbocycles. The standard InChI is InChI=1S/C12H27NO2S/c1-4-15-9-5-7-13-11-12(2)16-10-6-8-14-3/h12-13H,4-11H2,1-3H3. The van der Waals surface area contributed by atoms with Crippen molar-refractivity contribution in [2.75, 3.05) is 45.8 Å². The first kappa shape index (κ1) is 16.2. The van der Waals surface area contributed by atoms with Crippen molar-refractivity contribution in [3.8, 4) is 0 Å². The molecule has 0 aliphatic heterocycles. The number of ether oxygens (including phenoxy) is 2. The minimum absolute atomic E-state index is 0.684. The molecule has 0 heterocycles. The van der Waals surface area contributed by atoms with Crippen LogP contribution in [0, 0.1) is 0 Å². The molecule has 1 atom stereocenters. The summed E-state index contributed by atoms with van der Waals surface area (Å²) in [7, 11) is 1.76. The van der Waals surface area contributed by atoms with Gasteiger partial charge >= 0.3 is 0 Å². The predicted octanol–water partition coefficient (Wildman–Crippen LogP) is 2.16. The highest BCUT2D eigenvalue weighted by atomic mass is 32.2. The van der Waals surface area contributed by atoms with Crippen molar-refractivity contribution in [1.82, 2.24) is 5.32 Å². The Bertz CT molecular complexity index is 136. The van der Waals surface area contributed by atoms with Gasteiger partial charge in [-0.15, -0.1) is 0 Å². The van der Waals surface area contributed by atoms with Crippen molar-refractivity contribution in [3.05, 3.63) is 0 Å². The van der Waals surface area contributed by atoms with Crippen LogP contribution in [0.2, 0.25) is 0 Å². The van der Waals surface area contributed by atoms with Crippen molar-refractivity contribution >= 4 is 11.8 Å². The molecule has 3 nitrogen and oxygen atoms in total. The Labute approximate surface area is 105 Å². The molecule has 4 heteroatoms. The number of hydrogen-bond donors (Lipinski definition) is 1. The van der Waals surface area contributed by atoms with Gasteiger partial charge in [-0.1, -0.05) is 6.92 Å². The number of rotatable bonds is 12. The highest BCUT2D eigenvalue weighted by molar-refractivity contribution is 7.99. The van der Waals surface area contributed by atoms with E-state index in [0.717, 1.165) is 45.8 Å². The van der Waals surface area contributed by atoms with E-state index in [-0.39, 0.29) is 0 Å². The van der Waals surface area contributed by atoms with Gasteiger partial charge in [-0.3, -0.25) is 0 Å². The fourth-order valence-corrected chi connectivity index (χ4v) is 2.22. The van der Waals surface area contributed by atoms with Gasteiger partial charge in [-0.05, 0) is 32.1 Å². The Morgan fingerprint density at radius 1 is 1.25 bits per heavy atom. The maximum absolute atomic E-state index is 5.27. The molecule has 0 fully saturated rings. The molecule has 0 radical (unpaired) electrons. The lowest BCUT2D eigenvalue weighted by Gasteiger charge is -2.12. The monoisotopic (exact) mass is 249 g/mol. The molecule has 0 saturated heterocycles. The van der Waals surface area contributed by atoms with Gasteiger partial charge < -0.3 is 14.8 Å². The van der Waals surface area contributed by atoms with Crippen LogP contribution < -0.4 is 5.32 Å². The second-order valence-electron chi connectivity index (χ2n) is 3.78. The summed E-state index contributed by atoms with van der Waals surface area (Å²) < 4.78 is 10.3. The van der Waals surface area contributed by atoms with Gasteiger partial charge in [0.1, 0.15) is 0 Å². The predicted molar refractivity (Wildman–Crippen MR) is 72.4 cm³/mol. The average Bonchev–Trinajstić information content (AvgIpc) is 2.29. The number of nitrogens with one attached hydrogen (secondary N) is 1. The fourth-order valence-electron chi connectivity index (χ4n) is 1.30. The normalized spacial score (nSPS) is 12.9. The minimum Gasteiger partial charge on any atom is -0.385 e. The van der Waals surface area contributed by atoms with Crippen LogP contribution >= 0.6 is 11.8 Å². The van der Waals surface area contributed by atoms with E-state index in [1.54, 1.807) is 7.11 Å². The fraction of sp³-hybridized carbons (Fsp3) is 1.00. The quantitative estimate of drug-likeness (QED) is 0.537. The van der Waals surface area contributed by atoms with Crippen molar-refractivity contribution in [2.24, 2.45) is 0 Å². The van der Waals surface area contributed by atoms with Crippen molar-refractivity contribution in [3.63, 3.8) is 0 Å². The Morgan fingerprint density at radius 3 is 2.75 bits per heavy atom. The second kappa shape index (κ2) is 13.3. The Kier molecular flexibility index (Phi) is 13.5. The van der Waals surface area contributed by atoms with Crippen LogP contribution in [-0.2, 0) is 9.47 Å². The molecule has 0 aromatic heterocycles. The first-order chi connectivity index (χ1) is 7.81. The average molecular weight is 249 g/mol. The molecule has 0 spiro atoms. The van der Waals surface area contributed by atoms with Crippen molar-refractivity contribution < 1.29 is 9.47 Å². The molecule has 1 unspecified atom stereocenters. The first-order valence-electron chi connectivity index (χ1n) is 6.20. The van der Waals surface area contributed by atoms with E-state index in [4.69, 9.17) is 9.47 Å². The summed E-state index contributed by atoms with van der Waals surface area (Å²) in [6.45, 7) is 9.03. The van der Waals surface area contributed by atoms with Crippen LogP contribution in [0.25, 0.3) is 0 Å². The van der Waals surface area contributed by atoms with E-state index >= 15 is 0 Å². The lowest BCUT2D eigenvalue weighted by atomic mass is 10.4. The number of hydrogen-bond acceptors (Lipinski definition) is 4. The van der Waals surface area contributed by atoms with Crippen LogP contribution in [0.15, 0.2) is 0 Å². The van der Waals surface area contributed by atoms with E-state index in [1.165, 1.54) is 5.75 Å². The zero-order valence-corrected chi connectivity index (χ0v) is 11.8. The molecule has 0 aromatic carbocycles. The Morgan fingerprint density at radius 2 is 2.06 bits per heavy atom. The summed E-state index contributed by atoms with van der Waals surface area (Å²) in [5.74, 6) is 1.19. The van der Waals surface area contributed by atoms with Gasteiger partial charge in [0.25, 0.3) is 0 Å². The third-order valence-corrected chi connectivity index (χ3v) is 3.43. The maximum Gasteiger partial charge on any atom is 0.0477 e. The van der Waals surface area contributed by atoms with Gasteiger partial charge in [0.2, 0.25) is 0 Å². The molecule has 1 N–H and O–H groups in total. The van der Waals surface area contributed by atoms with Crippen LogP contribution in [0.4, 0.5) is 0 Å². The summed E-state index contributed by atoms with van der Waals surface area (Å²) in [5.41, 5.74) is 0. The Balaban J connectivity index is 3.08. The van der Waals surface area contributed by atoms with Crippen molar-refractivity contribution in [2.45, 2.75) is 31.9 Å². The summed E-state index contributed by atoms with van der Waals surface area (Å²) in [6.07, 6.45) is 2.25. The third kappa shape index (κ3) is 12.3. The van der Waals surface area contributed by atoms with Gasteiger partial charge in [-0.2, -0.15) is 11.8 Å². The molecule has 16 heavy (non-hydrogen) atoms. The van der Waals surface area contributed by atoms with Gasteiger partial charge in [0.15, 0.2) is 0 Å². The summed E-state index contributed by atoms with van der Waals surface area (Å²) in [6, 6.07) is 0. The van der Waals surface area contributed by atoms with E-state index in [9.17, 15) is 0 Å². The Hall–Kier alpha value is 0.230. The first-order valence-corrected chi connectivity index (χ1v) is 7.25. The number of methoxy groups -OCH3 is 1. The number of thioether (sulfide) groups is 1. The minimum atomic E-state index is 0.684. The topological polar surface area (TPSA) is 30.5 Å². The molecule has 0 aliphatic rings. The second-order valence-corrected chi connectivity index (χ2v) is 5.33. The van der Waals surface area contributed by atoms with Crippen LogP contribution in [0.3, 0.4) is 0 Å². The van der Waals surface area contributed by atoms with E-state index in [1.807, 2.05) is 18.7 Å². The SMILES string of the molecule is CCOCCCNCC(C)SCCCOC. The summed E-state index contributed by atoms with van der Waals surface area (Å²) >= 11 is 2.01.